The van der Waals surface area contributed by atoms with Crippen molar-refractivity contribution in [1.29, 1.82) is 0 Å². The lowest BCUT2D eigenvalue weighted by Gasteiger charge is -2.15. The Hall–Kier alpha value is -8.19. The molecule has 0 atom stereocenters. The summed E-state index contributed by atoms with van der Waals surface area (Å²) in [6.45, 7) is 0. The van der Waals surface area contributed by atoms with Crippen LogP contribution in [0.15, 0.2) is 212 Å². The van der Waals surface area contributed by atoms with Crippen molar-refractivity contribution in [3.63, 3.8) is 0 Å². The van der Waals surface area contributed by atoms with Gasteiger partial charge in [-0.25, -0.2) is 0 Å². The fourth-order valence-electron chi connectivity index (χ4n) is 9.49. The van der Waals surface area contributed by atoms with Crippen LogP contribution in [0.4, 0.5) is 0 Å². The first-order valence-electron chi connectivity index (χ1n) is 21.2. The van der Waals surface area contributed by atoms with Gasteiger partial charge in [0, 0.05) is 47.3 Å². The molecule has 0 fully saturated rings. The molecule has 0 aliphatic heterocycles. The van der Waals surface area contributed by atoms with E-state index in [-0.39, 0.29) is 0 Å². The summed E-state index contributed by atoms with van der Waals surface area (Å²) in [6.07, 6.45) is 0. The Morgan fingerprint density at radius 3 is 1.35 bits per heavy atom. The molecule has 0 radical (unpaired) electrons. The number of nitrogens with zero attached hydrogens (tertiary/aromatic N) is 5. The second-order valence-electron chi connectivity index (χ2n) is 16.0. The van der Waals surface area contributed by atoms with Crippen LogP contribution >= 0.6 is 11.3 Å². The Morgan fingerprint density at radius 2 is 0.730 bits per heavy atom. The molecule has 0 saturated heterocycles. The predicted octanol–water partition coefficient (Wildman–Crippen LogP) is 15.1. The van der Waals surface area contributed by atoms with Crippen molar-refractivity contribution in [3.05, 3.63) is 212 Å². The van der Waals surface area contributed by atoms with E-state index in [4.69, 9.17) is 15.0 Å². The Labute approximate surface area is 366 Å². The lowest BCUT2D eigenvalue weighted by Crippen LogP contribution is -2.10. The summed E-state index contributed by atoms with van der Waals surface area (Å²) in [7, 11) is 0. The topological polar surface area (TPSA) is 48.5 Å². The number of hydrogen-bond acceptors (Lipinski definition) is 4. The van der Waals surface area contributed by atoms with Gasteiger partial charge >= 0.3 is 0 Å². The van der Waals surface area contributed by atoms with E-state index in [1.54, 1.807) is 0 Å². The third-order valence-corrected chi connectivity index (χ3v) is 13.6. The van der Waals surface area contributed by atoms with E-state index >= 15 is 0 Å². The fourth-order valence-corrected chi connectivity index (χ4v) is 10.6. The van der Waals surface area contributed by atoms with Crippen molar-refractivity contribution < 1.29 is 0 Å². The quantitative estimate of drug-likeness (QED) is 0.168. The lowest BCUT2D eigenvalue weighted by atomic mass is 9.98. The van der Waals surface area contributed by atoms with E-state index in [1.165, 1.54) is 20.2 Å². The summed E-state index contributed by atoms with van der Waals surface area (Å²) in [5.74, 6) is 1.69. The molecule has 9 aromatic carbocycles. The number of aromatic nitrogens is 5. The van der Waals surface area contributed by atoms with Gasteiger partial charge < -0.3 is 0 Å². The van der Waals surface area contributed by atoms with Crippen LogP contribution in [0.25, 0.3) is 120 Å². The molecular formula is C57H35N5S. The second-order valence-corrected chi connectivity index (χ2v) is 17.1. The maximum Gasteiger partial charge on any atom is 0.240 e. The monoisotopic (exact) mass is 821 g/mol. The number of benzene rings is 9. The lowest BCUT2D eigenvalue weighted by molar-refractivity contribution is 0.893. The van der Waals surface area contributed by atoms with Gasteiger partial charge in [0.1, 0.15) is 0 Å². The summed E-state index contributed by atoms with van der Waals surface area (Å²) in [4.78, 5) is 16.5. The average molecular weight is 822 g/mol. The van der Waals surface area contributed by atoms with Crippen molar-refractivity contribution in [1.82, 2.24) is 24.1 Å². The maximum atomic E-state index is 5.53. The van der Waals surface area contributed by atoms with Gasteiger partial charge in [0.15, 0.2) is 5.82 Å². The van der Waals surface area contributed by atoms with Crippen molar-refractivity contribution in [2.45, 2.75) is 0 Å². The first-order chi connectivity index (χ1) is 31.2. The second kappa shape index (κ2) is 14.2. The summed E-state index contributed by atoms with van der Waals surface area (Å²) in [5, 5.41) is 7.09. The molecule has 4 heterocycles. The summed E-state index contributed by atoms with van der Waals surface area (Å²) in [6, 6.07) is 75.7. The number of para-hydroxylation sites is 2. The fraction of sp³-hybridized carbons (Fsp3) is 0. The minimum Gasteiger partial charge on any atom is -0.278 e. The van der Waals surface area contributed by atoms with Crippen LogP contribution in [-0.4, -0.2) is 24.1 Å². The summed E-state index contributed by atoms with van der Waals surface area (Å²) in [5.41, 5.74) is 11.7. The Morgan fingerprint density at radius 1 is 0.286 bits per heavy atom. The Balaban J connectivity index is 1.12. The number of rotatable bonds is 6. The van der Waals surface area contributed by atoms with Gasteiger partial charge in [-0.1, -0.05) is 176 Å². The molecular weight excluding hydrogens is 787 g/mol. The van der Waals surface area contributed by atoms with E-state index in [0.29, 0.717) is 17.7 Å². The molecule has 0 bridgehead atoms. The maximum absolute atomic E-state index is 5.53. The molecule has 0 amide bonds. The van der Waals surface area contributed by atoms with Gasteiger partial charge in [-0.15, -0.1) is 11.3 Å². The third-order valence-electron chi connectivity index (χ3n) is 12.4. The minimum absolute atomic E-state index is 0.544. The van der Waals surface area contributed by atoms with Crippen LogP contribution in [0, 0.1) is 0 Å². The van der Waals surface area contributed by atoms with Gasteiger partial charge in [-0.05, 0) is 69.8 Å². The van der Waals surface area contributed by atoms with Crippen molar-refractivity contribution in [2.24, 2.45) is 0 Å². The molecule has 0 spiro atoms. The zero-order valence-electron chi connectivity index (χ0n) is 33.9. The molecule has 5 nitrogen and oxygen atoms in total. The molecule has 294 valence electrons. The normalized spacial score (nSPS) is 11.8. The zero-order valence-corrected chi connectivity index (χ0v) is 34.7. The highest BCUT2D eigenvalue weighted by molar-refractivity contribution is 7.25. The van der Waals surface area contributed by atoms with Crippen molar-refractivity contribution in [2.75, 3.05) is 0 Å². The molecule has 0 saturated carbocycles. The molecule has 13 rings (SSSR count). The molecule has 0 aliphatic carbocycles. The van der Waals surface area contributed by atoms with Crippen LogP contribution in [0.1, 0.15) is 0 Å². The number of fused-ring (bicyclic) bond motifs is 9. The SMILES string of the molecule is c1ccc(-c2ccc3c4ccc(-c5ccccc5)cc4n(-c4nc(-c5ccccc5-c5ccc6c(c5)sc5ccccc56)nc(-n5c6ccccc6c6ccccc65)n4)c3c2)cc1. The van der Waals surface area contributed by atoms with E-state index < -0.39 is 0 Å². The molecule has 63 heavy (non-hydrogen) atoms. The zero-order chi connectivity index (χ0) is 41.4. The van der Waals surface area contributed by atoms with Gasteiger partial charge in [0.25, 0.3) is 0 Å². The van der Waals surface area contributed by atoms with Gasteiger partial charge in [0.2, 0.25) is 11.9 Å². The standard InChI is InChI=1S/C57H35N5S/c1-3-15-36(16-4-1)38-27-30-44-45-31-28-39(37-17-5-2-6-18-37)34-52(45)62(51(44)33-38)57-59-55(58-56(60-57)61-49-24-12-9-20-42(49)43-21-10-13-25-50(43)61)48-23-8-7-19-41(48)40-29-32-47-46-22-11-14-26-53(46)63-54(47)35-40/h1-35H. The van der Waals surface area contributed by atoms with E-state index in [1.807, 2.05) is 11.3 Å². The average Bonchev–Trinajstić information content (AvgIpc) is 4.01. The molecule has 0 N–H and O–H groups in total. The number of thiophene rings is 1. The van der Waals surface area contributed by atoms with E-state index in [9.17, 15) is 0 Å². The number of hydrogen-bond donors (Lipinski definition) is 0. The molecule has 0 aliphatic rings. The highest BCUT2D eigenvalue weighted by Crippen LogP contribution is 2.41. The van der Waals surface area contributed by atoms with E-state index in [0.717, 1.165) is 82.6 Å². The highest BCUT2D eigenvalue weighted by Gasteiger charge is 2.23. The summed E-state index contributed by atoms with van der Waals surface area (Å²) >= 11 is 1.83. The van der Waals surface area contributed by atoms with Crippen molar-refractivity contribution in [3.8, 4) is 56.7 Å². The minimum atomic E-state index is 0.544. The Kier molecular flexibility index (Phi) is 8.01. The van der Waals surface area contributed by atoms with Crippen LogP contribution in [0.5, 0.6) is 0 Å². The molecule has 6 heteroatoms. The van der Waals surface area contributed by atoms with Crippen LogP contribution in [0.2, 0.25) is 0 Å². The molecule has 0 unspecified atom stereocenters. The third kappa shape index (κ3) is 5.73. The first kappa shape index (κ1) is 35.6. The van der Waals surface area contributed by atoms with Gasteiger partial charge in [-0.2, -0.15) is 15.0 Å². The van der Waals surface area contributed by atoms with E-state index in [2.05, 4.69) is 221 Å². The highest BCUT2D eigenvalue weighted by atomic mass is 32.1. The molecule has 13 aromatic rings. The van der Waals surface area contributed by atoms with Crippen LogP contribution < -0.4 is 0 Å². The molecule has 4 aromatic heterocycles. The smallest absolute Gasteiger partial charge is 0.240 e. The van der Waals surface area contributed by atoms with Crippen molar-refractivity contribution >= 4 is 75.1 Å². The van der Waals surface area contributed by atoms with Crippen LogP contribution in [0.3, 0.4) is 0 Å². The van der Waals surface area contributed by atoms with Gasteiger partial charge in [-0.3, -0.25) is 9.13 Å². The predicted molar refractivity (Wildman–Crippen MR) is 263 cm³/mol. The summed E-state index contributed by atoms with van der Waals surface area (Å²) < 4.78 is 6.98. The largest absolute Gasteiger partial charge is 0.278 e. The first-order valence-corrected chi connectivity index (χ1v) is 22.0. The Bertz CT molecular complexity index is 3770. The van der Waals surface area contributed by atoms with Crippen LogP contribution in [-0.2, 0) is 0 Å². The van der Waals surface area contributed by atoms with Gasteiger partial charge in [0.05, 0.1) is 22.1 Å².